The van der Waals surface area contributed by atoms with Gasteiger partial charge in [-0.15, -0.1) is 24.0 Å². The number of carbonyl (C=O) groups is 1. The zero-order chi connectivity index (χ0) is 21.1. The Morgan fingerprint density at radius 1 is 1.27 bits per heavy atom. The van der Waals surface area contributed by atoms with Crippen LogP contribution in [0.5, 0.6) is 0 Å². The third kappa shape index (κ3) is 8.79. The quantitative estimate of drug-likeness (QED) is 0.122. The van der Waals surface area contributed by atoms with Crippen molar-refractivity contribution in [2.45, 2.75) is 13.5 Å². The van der Waals surface area contributed by atoms with Crippen LogP contribution in [0.15, 0.2) is 29.3 Å². The summed E-state index contributed by atoms with van der Waals surface area (Å²) in [5.41, 5.74) is 0.862. The number of halogens is 1. The van der Waals surface area contributed by atoms with Gasteiger partial charge in [-0.2, -0.15) is 0 Å². The summed E-state index contributed by atoms with van der Waals surface area (Å²) in [5.74, 6) is 0.782. The second-order valence-electron chi connectivity index (χ2n) is 6.70. The Morgan fingerprint density at radius 2 is 2.00 bits per heavy atom. The van der Waals surface area contributed by atoms with E-state index in [1.165, 1.54) is 6.07 Å². The van der Waals surface area contributed by atoms with Crippen LogP contribution >= 0.6 is 24.0 Å². The minimum atomic E-state index is -0.400. The number of nitrogens with zero attached hydrogens (tertiary/aromatic N) is 4. The van der Waals surface area contributed by atoms with Gasteiger partial charge in [-0.25, -0.2) is 4.99 Å². The van der Waals surface area contributed by atoms with Crippen molar-refractivity contribution in [3.05, 3.63) is 39.9 Å². The fourth-order valence-electron chi connectivity index (χ4n) is 3.03. The van der Waals surface area contributed by atoms with Crippen LogP contribution in [0.1, 0.15) is 12.5 Å². The number of amides is 1. The number of rotatable bonds is 9. The van der Waals surface area contributed by atoms with Crippen LogP contribution in [0.25, 0.3) is 0 Å². The van der Waals surface area contributed by atoms with Crippen LogP contribution in [0.3, 0.4) is 0 Å². The van der Waals surface area contributed by atoms with Gasteiger partial charge in [0.05, 0.1) is 24.6 Å². The number of nitro groups is 1. The average molecular weight is 534 g/mol. The van der Waals surface area contributed by atoms with Gasteiger partial charge in [-0.1, -0.05) is 12.1 Å². The Hall–Kier alpha value is -1.99. The molecule has 0 spiro atoms. The van der Waals surface area contributed by atoms with Crippen LogP contribution in [0, 0.1) is 10.1 Å². The number of ether oxygens (including phenoxy) is 1. The van der Waals surface area contributed by atoms with Gasteiger partial charge in [-0.3, -0.25) is 19.8 Å². The molecule has 1 amide bonds. The van der Waals surface area contributed by atoms with Crippen LogP contribution in [-0.4, -0.2) is 86.1 Å². The van der Waals surface area contributed by atoms with Gasteiger partial charge < -0.3 is 20.3 Å². The van der Waals surface area contributed by atoms with E-state index in [0.29, 0.717) is 26.2 Å². The molecule has 10 nitrogen and oxygen atoms in total. The van der Waals surface area contributed by atoms with Crippen LogP contribution in [0.4, 0.5) is 5.69 Å². The van der Waals surface area contributed by atoms with Gasteiger partial charge in [0.25, 0.3) is 5.69 Å². The van der Waals surface area contributed by atoms with Gasteiger partial charge in [0.15, 0.2) is 5.96 Å². The normalized spacial score (nSPS) is 14.7. The largest absolute Gasteiger partial charge is 0.383 e. The Morgan fingerprint density at radius 3 is 2.63 bits per heavy atom. The predicted octanol–water partition coefficient (Wildman–Crippen LogP) is 1.06. The van der Waals surface area contributed by atoms with Gasteiger partial charge in [0.1, 0.15) is 0 Å². The van der Waals surface area contributed by atoms with Crippen molar-refractivity contribution >= 4 is 41.5 Å². The molecule has 0 aromatic heterocycles. The standard InChI is InChI=1S/C19H30N6O4.HI/c1-3-20-19(22-14-16-5-4-6-17(13-16)25(27)28)24-10-8-23(9-11-24)15-18(26)21-7-12-29-2;/h4-6,13H,3,7-12,14-15H2,1-2H3,(H,20,22)(H,21,26);1H. The molecule has 1 aliphatic heterocycles. The van der Waals surface area contributed by atoms with E-state index in [1.54, 1.807) is 19.2 Å². The molecule has 2 rings (SSSR count). The molecule has 1 aromatic rings. The van der Waals surface area contributed by atoms with Gasteiger partial charge in [0.2, 0.25) is 5.91 Å². The number of guanidine groups is 1. The van der Waals surface area contributed by atoms with Crippen molar-refractivity contribution in [2.24, 2.45) is 4.99 Å². The highest BCUT2D eigenvalue weighted by molar-refractivity contribution is 14.0. The molecule has 0 atom stereocenters. The smallest absolute Gasteiger partial charge is 0.269 e. The van der Waals surface area contributed by atoms with Crippen molar-refractivity contribution in [1.82, 2.24) is 20.4 Å². The molecule has 1 aromatic carbocycles. The number of nitrogens with one attached hydrogen (secondary N) is 2. The summed E-state index contributed by atoms with van der Waals surface area (Å²) in [6, 6.07) is 6.53. The van der Waals surface area contributed by atoms with E-state index < -0.39 is 4.92 Å². The highest BCUT2D eigenvalue weighted by Gasteiger charge is 2.21. The maximum Gasteiger partial charge on any atom is 0.269 e. The molecule has 0 bridgehead atoms. The number of carbonyl (C=O) groups excluding carboxylic acids is 1. The van der Waals surface area contributed by atoms with Crippen molar-refractivity contribution in [3.63, 3.8) is 0 Å². The predicted molar refractivity (Wildman–Crippen MR) is 126 cm³/mol. The van der Waals surface area contributed by atoms with Crippen molar-refractivity contribution in [1.29, 1.82) is 0 Å². The molecule has 0 aliphatic carbocycles. The first kappa shape index (κ1) is 26.0. The van der Waals surface area contributed by atoms with Gasteiger partial charge >= 0.3 is 0 Å². The molecule has 11 heteroatoms. The summed E-state index contributed by atoms with van der Waals surface area (Å²) in [6.07, 6.45) is 0. The van der Waals surface area contributed by atoms with Crippen LogP contribution < -0.4 is 10.6 Å². The summed E-state index contributed by atoms with van der Waals surface area (Å²) < 4.78 is 4.93. The third-order valence-corrected chi connectivity index (χ3v) is 4.54. The highest BCUT2D eigenvalue weighted by atomic mass is 127. The first-order chi connectivity index (χ1) is 14.0. The van der Waals surface area contributed by atoms with Crippen LogP contribution in [0.2, 0.25) is 0 Å². The second-order valence-corrected chi connectivity index (χ2v) is 6.70. The van der Waals surface area contributed by atoms with E-state index >= 15 is 0 Å². The number of hydrogen-bond acceptors (Lipinski definition) is 6. The Labute approximate surface area is 194 Å². The minimum Gasteiger partial charge on any atom is -0.383 e. The molecule has 0 unspecified atom stereocenters. The SMILES string of the molecule is CCNC(=NCc1cccc([N+](=O)[O-])c1)N1CCN(CC(=O)NCCOC)CC1.I. The molecule has 0 radical (unpaired) electrons. The molecule has 1 saturated heterocycles. The van der Waals surface area contributed by atoms with Crippen molar-refractivity contribution < 1.29 is 14.5 Å². The first-order valence-corrected chi connectivity index (χ1v) is 9.78. The molecule has 0 saturated carbocycles. The molecule has 1 heterocycles. The van der Waals surface area contributed by atoms with E-state index in [1.807, 2.05) is 13.0 Å². The van der Waals surface area contributed by atoms with E-state index in [9.17, 15) is 14.9 Å². The number of piperazine rings is 1. The number of aliphatic imine (C=N–C) groups is 1. The van der Waals surface area contributed by atoms with Gasteiger partial charge in [-0.05, 0) is 12.5 Å². The van der Waals surface area contributed by atoms with E-state index in [0.717, 1.165) is 44.2 Å². The average Bonchev–Trinajstić information content (AvgIpc) is 2.72. The second kappa shape index (κ2) is 14.1. The summed E-state index contributed by atoms with van der Waals surface area (Å²) in [4.78, 5) is 31.4. The Bertz CT molecular complexity index is 710. The van der Waals surface area contributed by atoms with Crippen molar-refractivity contribution in [2.75, 3.05) is 59.5 Å². The lowest BCUT2D eigenvalue weighted by atomic mass is 10.2. The lowest BCUT2D eigenvalue weighted by Gasteiger charge is -2.36. The number of non-ortho nitro benzene ring substituents is 1. The molecular formula is C19H31IN6O4. The fourth-order valence-corrected chi connectivity index (χ4v) is 3.03. The highest BCUT2D eigenvalue weighted by Crippen LogP contribution is 2.14. The molecular weight excluding hydrogens is 503 g/mol. The minimum absolute atomic E-state index is 0. The summed E-state index contributed by atoms with van der Waals surface area (Å²) in [6.45, 7) is 7.54. The Balaban J connectivity index is 0.00000450. The summed E-state index contributed by atoms with van der Waals surface area (Å²) in [7, 11) is 1.61. The first-order valence-electron chi connectivity index (χ1n) is 9.78. The maximum atomic E-state index is 11.9. The van der Waals surface area contributed by atoms with Gasteiger partial charge in [0, 0.05) is 58.5 Å². The molecule has 168 valence electrons. The lowest BCUT2D eigenvalue weighted by Crippen LogP contribution is -2.54. The summed E-state index contributed by atoms with van der Waals surface area (Å²) >= 11 is 0. The van der Waals surface area contributed by atoms with E-state index in [-0.39, 0.29) is 35.6 Å². The maximum absolute atomic E-state index is 11.9. The van der Waals surface area contributed by atoms with E-state index in [2.05, 4.69) is 25.4 Å². The molecule has 1 aliphatic rings. The zero-order valence-electron chi connectivity index (χ0n) is 17.5. The molecule has 1 fully saturated rings. The number of nitro benzene ring substituents is 1. The zero-order valence-corrected chi connectivity index (χ0v) is 19.8. The number of benzene rings is 1. The van der Waals surface area contributed by atoms with Crippen LogP contribution in [-0.2, 0) is 16.1 Å². The van der Waals surface area contributed by atoms with E-state index in [4.69, 9.17) is 4.74 Å². The summed E-state index contributed by atoms with van der Waals surface area (Å²) in [5, 5.41) is 17.0. The number of hydrogen-bond donors (Lipinski definition) is 2. The molecule has 30 heavy (non-hydrogen) atoms. The topological polar surface area (TPSA) is 112 Å². The fraction of sp³-hybridized carbons (Fsp3) is 0.579. The third-order valence-electron chi connectivity index (χ3n) is 4.54. The number of methoxy groups -OCH3 is 1. The molecule has 2 N–H and O–H groups in total. The van der Waals surface area contributed by atoms with Crippen molar-refractivity contribution in [3.8, 4) is 0 Å². The monoisotopic (exact) mass is 534 g/mol. The lowest BCUT2D eigenvalue weighted by molar-refractivity contribution is -0.384. The Kier molecular flexibility index (Phi) is 12.2.